The van der Waals surface area contributed by atoms with E-state index in [1.165, 1.54) is 0 Å². The van der Waals surface area contributed by atoms with Gasteiger partial charge in [-0.3, -0.25) is 9.59 Å². The van der Waals surface area contributed by atoms with Crippen LogP contribution in [0.2, 0.25) is 0 Å². The number of hydrazone groups is 1. The fourth-order valence-corrected chi connectivity index (χ4v) is 3.52. The van der Waals surface area contributed by atoms with Gasteiger partial charge in [0.05, 0.1) is 17.5 Å². The number of hydrogen-bond acceptors (Lipinski definition) is 6. The van der Waals surface area contributed by atoms with Gasteiger partial charge in [0.1, 0.15) is 0 Å². The van der Waals surface area contributed by atoms with Crippen LogP contribution in [-0.4, -0.2) is 43.6 Å². The van der Waals surface area contributed by atoms with Gasteiger partial charge in [0.25, 0.3) is 5.91 Å². The molecule has 4 aromatic rings. The zero-order valence-corrected chi connectivity index (χ0v) is 15.6. The fraction of sp³-hybridized carbons (Fsp3) is 0.100. The quantitative estimate of drug-likeness (QED) is 0.405. The highest BCUT2D eigenvalue weighted by Gasteiger charge is 2.22. The van der Waals surface area contributed by atoms with E-state index in [-0.39, 0.29) is 18.2 Å². The number of aromatic amines is 2. The molecule has 0 spiro atoms. The molecule has 1 aliphatic rings. The molecule has 3 heterocycles. The number of aryl methyl sites for hydroxylation is 1. The molecule has 0 saturated carbocycles. The van der Waals surface area contributed by atoms with Crippen LogP contribution in [0.15, 0.2) is 47.6 Å². The Balaban J connectivity index is 1.52. The molecule has 2 amide bonds. The fourth-order valence-electron chi connectivity index (χ4n) is 3.52. The number of carbonyl (C=O) groups excluding carboxylic acids is 2. The second kappa shape index (κ2) is 7.24. The molecule has 30 heavy (non-hydrogen) atoms. The SMILES string of the molecule is O=C(CCc1nn[nH]n1)Nc1cc2c3c(c(-c4ccccc4)[nH]c3c1)C=NNC2=O. The number of nitrogens with zero attached hydrogens (tertiary/aromatic N) is 4. The Bertz CT molecular complexity index is 1280. The van der Waals surface area contributed by atoms with Crippen LogP contribution in [0.3, 0.4) is 0 Å². The van der Waals surface area contributed by atoms with E-state index in [1.807, 2.05) is 36.4 Å². The molecule has 10 heteroatoms. The Morgan fingerprint density at radius 2 is 2.00 bits per heavy atom. The lowest BCUT2D eigenvalue weighted by molar-refractivity contribution is -0.116. The van der Waals surface area contributed by atoms with Crippen molar-refractivity contribution in [1.29, 1.82) is 0 Å². The molecule has 4 N–H and O–H groups in total. The van der Waals surface area contributed by atoms with Crippen molar-refractivity contribution in [3.63, 3.8) is 0 Å². The molecule has 0 unspecified atom stereocenters. The smallest absolute Gasteiger partial charge is 0.272 e. The second-order valence-corrected chi connectivity index (χ2v) is 6.80. The molecular formula is C20H16N8O2. The number of hydrogen-bond donors (Lipinski definition) is 4. The van der Waals surface area contributed by atoms with Crippen molar-refractivity contribution in [2.24, 2.45) is 5.10 Å². The lowest BCUT2D eigenvalue weighted by Crippen LogP contribution is -2.17. The van der Waals surface area contributed by atoms with E-state index in [9.17, 15) is 9.59 Å². The van der Waals surface area contributed by atoms with E-state index < -0.39 is 0 Å². The Labute approximate surface area is 169 Å². The molecule has 0 fully saturated rings. The molecule has 2 aromatic carbocycles. The summed E-state index contributed by atoms with van der Waals surface area (Å²) in [6.07, 6.45) is 2.18. The summed E-state index contributed by atoms with van der Waals surface area (Å²) in [5.74, 6) is -0.0894. The standard InChI is InChI=1S/C20H16N8O2/c29-17(7-6-16-24-27-28-25-16)22-12-8-13-18-14(10-21-26-20(13)30)19(23-15(18)9-12)11-4-2-1-3-5-11/h1-5,8-10,23H,6-7H2,(H,22,29)(H,26,30)(H,24,25,27,28). The largest absolute Gasteiger partial charge is 0.354 e. The maximum absolute atomic E-state index is 12.6. The van der Waals surface area contributed by atoms with Crippen LogP contribution < -0.4 is 10.7 Å². The van der Waals surface area contributed by atoms with E-state index in [2.05, 4.69) is 41.5 Å². The molecule has 5 rings (SSSR count). The van der Waals surface area contributed by atoms with Crippen molar-refractivity contribution in [1.82, 2.24) is 31.0 Å². The normalized spacial score (nSPS) is 12.6. The first-order valence-corrected chi connectivity index (χ1v) is 9.30. The molecule has 10 nitrogen and oxygen atoms in total. The monoisotopic (exact) mass is 400 g/mol. The third kappa shape index (κ3) is 3.20. The van der Waals surface area contributed by atoms with Gasteiger partial charge in [0.15, 0.2) is 5.82 Å². The van der Waals surface area contributed by atoms with Gasteiger partial charge in [0, 0.05) is 35.0 Å². The molecule has 0 saturated heterocycles. The van der Waals surface area contributed by atoms with Gasteiger partial charge < -0.3 is 10.3 Å². The zero-order chi connectivity index (χ0) is 20.5. The third-order valence-electron chi connectivity index (χ3n) is 4.85. The molecule has 0 atom stereocenters. The lowest BCUT2D eigenvalue weighted by Gasteiger charge is -2.08. The van der Waals surface area contributed by atoms with Crippen molar-refractivity contribution in [2.75, 3.05) is 5.32 Å². The minimum absolute atomic E-state index is 0.188. The molecule has 2 aromatic heterocycles. The highest BCUT2D eigenvalue weighted by molar-refractivity contribution is 6.18. The average Bonchev–Trinajstić information content (AvgIpc) is 3.36. The molecular weight excluding hydrogens is 384 g/mol. The summed E-state index contributed by atoms with van der Waals surface area (Å²) in [5.41, 5.74) is 6.85. The van der Waals surface area contributed by atoms with Crippen LogP contribution in [0.25, 0.3) is 22.2 Å². The van der Waals surface area contributed by atoms with Crippen molar-refractivity contribution in [3.8, 4) is 11.3 Å². The van der Waals surface area contributed by atoms with Crippen LogP contribution in [0, 0.1) is 0 Å². The first kappa shape index (κ1) is 17.7. The van der Waals surface area contributed by atoms with Crippen LogP contribution in [0.5, 0.6) is 0 Å². The summed E-state index contributed by atoms with van der Waals surface area (Å²) in [6, 6.07) is 13.3. The van der Waals surface area contributed by atoms with Crippen molar-refractivity contribution in [2.45, 2.75) is 12.8 Å². The minimum Gasteiger partial charge on any atom is -0.354 e. The average molecular weight is 400 g/mol. The molecule has 0 bridgehead atoms. The number of tetrazole rings is 1. The van der Waals surface area contributed by atoms with E-state index >= 15 is 0 Å². The van der Waals surface area contributed by atoms with Gasteiger partial charge in [-0.25, -0.2) is 5.43 Å². The Kier molecular flexibility index (Phi) is 4.28. The van der Waals surface area contributed by atoms with Crippen molar-refractivity contribution >= 4 is 34.6 Å². The number of anilines is 1. The van der Waals surface area contributed by atoms with Gasteiger partial charge in [-0.05, 0) is 17.7 Å². The Morgan fingerprint density at radius 3 is 2.80 bits per heavy atom. The Morgan fingerprint density at radius 1 is 1.13 bits per heavy atom. The van der Waals surface area contributed by atoms with Crippen molar-refractivity contribution in [3.05, 3.63) is 59.4 Å². The summed E-state index contributed by atoms with van der Waals surface area (Å²) in [6.45, 7) is 0. The number of carbonyl (C=O) groups is 2. The van der Waals surface area contributed by atoms with Gasteiger partial charge in [-0.1, -0.05) is 35.5 Å². The highest BCUT2D eigenvalue weighted by atomic mass is 16.2. The Hall–Kier alpha value is -4.34. The molecule has 148 valence electrons. The summed E-state index contributed by atoms with van der Waals surface area (Å²) >= 11 is 0. The van der Waals surface area contributed by atoms with Gasteiger partial charge in [0.2, 0.25) is 5.91 Å². The number of aromatic nitrogens is 5. The molecule has 1 aliphatic heterocycles. The number of benzene rings is 2. The van der Waals surface area contributed by atoms with Gasteiger partial charge in [-0.15, -0.1) is 10.2 Å². The lowest BCUT2D eigenvalue weighted by atomic mass is 10.0. The maximum atomic E-state index is 12.6. The number of H-pyrrole nitrogens is 2. The van der Waals surface area contributed by atoms with E-state index in [0.29, 0.717) is 23.5 Å². The van der Waals surface area contributed by atoms with Crippen LogP contribution >= 0.6 is 0 Å². The summed E-state index contributed by atoms with van der Waals surface area (Å²) in [5, 5.41) is 21.1. The summed E-state index contributed by atoms with van der Waals surface area (Å²) in [7, 11) is 0. The minimum atomic E-state index is -0.337. The predicted molar refractivity (Wildman–Crippen MR) is 110 cm³/mol. The first-order valence-electron chi connectivity index (χ1n) is 9.30. The summed E-state index contributed by atoms with van der Waals surface area (Å²) < 4.78 is 0. The molecule has 0 radical (unpaired) electrons. The van der Waals surface area contributed by atoms with Crippen molar-refractivity contribution < 1.29 is 9.59 Å². The second-order valence-electron chi connectivity index (χ2n) is 6.80. The predicted octanol–water partition coefficient (Wildman–Crippen LogP) is 2.00. The third-order valence-corrected chi connectivity index (χ3v) is 4.85. The number of rotatable bonds is 5. The van der Waals surface area contributed by atoms with Gasteiger partial charge in [-0.2, -0.15) is 10.3 Å². The summed E-state index contributed by atoms with van der Waals surface area (Å²) in [4.78, 5) is 28.3. The van der Waals surface area contributed by atoms with E-state index in [0.717, 1.165) is 27.7 Å². The number of amides is 2. The van der Waals surface area contributed by atoms with Gasteiger partial charge >= 0.3 is 0 Å². The first-order chi connectivity index (χ1) is 14.7. The van der Waals surface area contributed by atoms with Crippen LogP contribution in [0.1, 0.15) is 28.2 Å². The van der Waals surface area contributed by atoms with Crippen LogP contribution in [0.4, 0.5) is 5.69 Å². The number of nitrogens with one attached hydrogen (secondary N) is 4. The maximum Gasteiger partial charge on any atom is 0.272 e. The highest BCUT2D eigenvalue weighted by Crippen LogP contribution is 2.34. The topological polar surface area (TPSA) is 141 Å². The molecule has 0 aliphatic carbocycles. The van der Waals surface area contributed by atoms with Crippen LogP contribution in [-0.2, 0) is 11.2 Å². The zero-order valence-electron chi connectivity index (χ0n) is 15.6. The van der Waals surface area contributed by atoms with E-state index in [1.54, 1.807) is 12.3 Å². The van der Waals surface area contributed by atoms with E-state index in [4.69, 9.17) is 0 Å².